The van der Waals surface area contributed by atoms with Gasteiger partial charge in [-0.3, -0.25) is 4.68 Å². The van der Waals surface area contributed by atoms with E-state index >= 15 is 0 Å². The summed E-state index contributed by atoms with van der Waals surface area (Å²) in [4.78, 5) is 0. The predicted octanol–water partition coefficient (Wildman–Crippen LogP) is 0.809. The number of rotatable bonds is 2. The van der Waals surface area contributed by atoms with Crippen LogP contribution in [0.2, 0.25) is 0 Å². The molecule has 14 heavy (non-hydrogen) atoms. The molecule has 2 bridgehead atoms. The SMILES string of the molecule is CC1CC2CC(Cn3ccnn3)(C1)N2. The van der Waals surface area contributed by atoms with Crippen LogP contribution in [0.4, 0.5) is 0 Å². The van der Waals surface area contributed by atoms with E-state index in [4.69, 9.17) is 0 Å². The molecule has 1 aliphatic carbocycles. The minimum absolute atomic E-state index is 0.329. The Kier molecular flexibility index (Phi) is 1.68. The number of fused-ring (bicyclic) bond motifs is 2. The van der Waals surface area contributed by atoms with E-state index in [0.29, 0.717) is 5.54 Å². The average Bonchev–Trinajstić information content (AvgIpc) is 2.53. The maximum atomic E-state index is 4.03. The van der Waals surface area contributed by atoms with Crippen molar-refractivity contribution >= 4 is 0 Å². The normalized spacial score (nSPS) is 40.6. The monoisotopic (exact) mass is 192 g/mol. The van der Waals surface area contributed by atoms with Gasteiger partial charge in [-0.2, -0.15) is 0 Å². The zero-order valence-electron chi connectivity index (χ0n) is 8.48. The van der Waals surface area contributed by atoms with Gasteiger partial charge in [0.25, 0.3) is 0 Å². The summed E-state index contributed by atoms with van der Waals surface area (Å²) in [6.45, 7) is 3.33. The van der Waals surface area contributed by atoms with Crippen molar-refractivity contribution < 1.29 is 0 Å². The molecule has 2 saturated heterocycles. The van der Waals surface area contributed by atoms with E-state index in [1.54, 1.807) is 6.20 Å². The van der Waals surface area contributed by atoms with Gasteiger partial charge in [0.05, 0.1) is 12.7 Å². The van der Waals surface area contributed by atoms with E-state index < -0.39 is 0 Å². The quantitative estimate of drug-likeness (QED) is 0.754. The smallest absolute Gasteiger partial charge is 0.0692 e. The Balaban J connectivity index is 1.73. The van der Waals surface area contributed by atoms with Crippen LogP contribution in [-0.4, -0.2) is 26.6 Å². The first-order chi connectivity index (χ1) is 6.76. The van der Waals surface area contributed by atoms with Gasteiger partial charge in [0.1, 0.15) is 0 Å². The zero-order chi connectivity index (χ0) is 9.60. The van der Waals surface area contributed by atoms with E-state index in [9.17, 15) is 0 Å². The lowest BCUT2D eigenvalue weighted by Gasteiger charge is -2.56. The molecule has 3 atom stereocenters. The van der Waals surface area contributed by atoms with Gasteiger partial charge >= 0.3 is 0 Å². The van der Waals surface area contributed by atoms with Crippen LogP contribution in [0.25, 0.3) is 0 Å². The van der Waals surface area contributed by atoms with Crippen molar-refractivity contribution in [1.29, 1.82) is 0 Å². The minimum atomic E-state index is 0.329. The van der Waals surface area contributed by atoms with Crippen molar-refractivity contribution in [3.8, 4) is 0 Å². The largest absolute Gasteiger partial charge is 0.307 e. The Morgan fingerprint density at radius 3 is 3.07 bits per heavy atom. The number of hydrogen-bond acceptors (Lipinski definition) is 3. The van der Waals surface area contributed by atoms with Crippen LogP contribution in [0.1, 0.15) is 26.2 Å². The third kappa shape index (κ3) is 1.25. The fourth-order valence-corrected chi connectivity index (χ4v) is 3.21. The fraction of sp³-hybridized carbons (Fsp3) is 0.800. The second kappa shape index (κ2) is 2.79. The molecule has 0 amide bonds. The summed E-state index contributed by atoms with van der Waals surface area (Å²) >= 11 is 0. The molecule has 1 saturated carbocycles. The van der Waals surface area contributed by atoms with Crippen LogP contribution in [0.3, 0.4) is 0 Å². The molecule has 0 aromatic carbocycles. The number of nitrogens with zero attached hydrogens (tertiary/aromatic N) is 3. The van der Waals surface area contributed by atoms with Gasteiger partial charge in [0.15, 0.2) is 0 Å². The molecule has 1 N–H and O–H groups in total. The number of piperidine rings is 1. The van der Waals surface area contributed by atoms with Gasteiger partial charge in [0.2, 0.25) is 0 Å². The average molecular weight is 192 g/mol. The lowest BCUT2D eigenvalue weighted by atomic mass is 9.66. The molecule has 4 heteroatoms. The Morgan fingerprint density at radius 2 is 2.43 bits per heavy atom. The lowest BCUT2D eigenvalue weighted by molar-refractivity contribution is 0.0214. The first-order valence-corrected chi connectivity index (χ1v) is 5.38. The highest BCUT2D eigenvalue weighted by molar-refractivity contribution is 5.08. The van der Waals surface area contributed by atoms with Crippen molar-refractivity contribution in [2.75, 3.05) is 0 Å². The first-order valence-electron chi connectivity index (χ1n) is 5.38. The van der Waals surface area contributed by atoms with Crippen LogP contribution in [0, 0.1) is 5.92 Å². The number of nitrogens with one attached hydrogen (secondary N) is 1. The Labute approximate surface area is 83.7 Å². The topological polar surface area (TPSA) is 42.7 Å². The molecule has 76 valence electrons. The molecule has 3 unspecified atom stereocenters. The fourth-order valence-electron chi connectivity index (χ4n) is 3.21. The molecule has 3 fully saturated rings. The maximum Gasteiger partial charge on any atom is 0.0692 e. The number of hydrogen-bond donors (Lipinski definition) is 1. The van der Waals surface area contributed by atoms with E-state index in [-0.39, 0.29) is 0 Å². The van der Waals surface area contributed by atoms with Crippen molar-refractivity contribution in [3.63, 3.8) is 0 Å². The molecule has 3 heterocycles. The highest BCUT2D eigenvalue weighted by Gasteiger charge is 2.49. The van der Waals surface area contributed by atoms with Gasteiger partial charge in [-0.05, 0) is 25.2 Å². The Bertz CT molecular complexity index is 313. The number of aromatic nitrogens is 3. The summed E-state index contributed by atoms with van der Waals surface area (Å²) < 4.78 is 1.95. The standard InChI is InChI=1S/C10H16N4/c1-8-4-9-6-10(5-8,12-9)7-14-3-2-11-13-14/h2-3,8-9,12H,4-7H2,1H3. The van der Waals surface area contributed by atoms with Crippen molar-refractivity contribution in [3.05, 3.63) is 12.4 Å². The summed E-state index contributed by atoms with van der Waals surface area (Å²) in [6.07, 6.45) is 7.64. The van der Waals surface area contributed by atoms with Crippen molar-refractivity contribution in [2.24, 2.45) is 5.92 Å². The van der Waals surface area contributed by atoms with Gasteiger partial charge in [0, 0.05) is 17.8 Å². The van der Waals surface area contributed by atoms with Crippen LogP contribution in [0.5, 0.6) is 0 Å². The van der Waals surface area contributed by atoms with Crippen LogP contribution in [-0.2, 0) is 6.54 Å². The highest BCUT2D eigenvalue weighted by atomic mass is 15.4. The minimum Gasteiger partial charge on any atom is -0.307 e. The molecule has 0 radical (unpaired) electrons. The summed E-state index contributed by atoms with van der Waals surface area (Å²) in [5.41, 5.74) is 0.329. The van der Waals surface area contributed by atoms with Crippen molar-refractivity contribution in [1.82, 2.24) is 20.3 Å². The third-order valence-electron chi connectivity index (χ3n) is 3.51. The zero-order valence-corrected chi connectivity index (χ0v) is 8.48. The van der Waals surface area contributed by atoms with E-state index in [1.165, 1.54) is 19.3 Å². The molecular formula is C10H16N4. The molecular weight excluding hydrogens is 176 g/mol. The van der Waals surface area contributed by atoms with Crippen molar-refractivity contribution in [2.45, 2.75) is 44.3 Å². The molecule has 1 aromatic heterocycles. The van der Waals surface area contributed by atoms with E-state index in [2.05, 4.69) is 22.6 Å². The first kappa shape index (κ1) is 8.41. The second-order valence-electron chi connectivity index (χ2n) is 4.97. The van der Waals surface area contributed by atoms with Gasteiger partial charge in [-0.25, -0.2) is 0 Å². The Morgan fingerprint density at radius 1 is 1.57 bits per heavy atom. The van der Waals surface area contributed by atoms with E-state index in [0.717, 1.165) is 18.5 Å². The highest BCUT2D eigenvalue weighted by Crippen LogP contribution is 2.41. The summed E-state index contributed by atoms with van der Waals surface area (Å²) in [5, 5.41) is 11.5. The van der Waals surface area contributed by atoms with Crippen LogP contribution in [0.15, 0.2) is 12.4 Å². The van der Waals surface area contributed by atoms with Gasteiger partial charge in [-0.1, -0.05) is 12.1 Å². The Hall–Kier alpha value is -0.900. The molecule has 0 spiro atoms. The molecule has 2 aliphatic heterocycles. The molecule has 1 aromatic rings. The van der Waals surface area contributed by atoms with Gasteiger partial charge in [-0.15, -0.1) is 5.10 Å². The van der Waals surface area contributed by atoms with E-state index in [1.807, 2.05) is 10.9 Å². The molecule has 4 rings (SSSR count). The summed E-state index contributed by atoms with van der Waals surface area (Å²) in [7, 11) is 0. The second-order valence-corrected chi connectivity index (χ2v) is 4.97. The van der Waals surface area contributed by atoms with Crippen LogP contribution < -0.4 is 5.32 Å². The van der Waals surface area contributed by atoms with Gasteiger partial charge < -0.3 is 5.32 Å². The third-order valence-corrected chi connectivity index (χ3v) is 3.51. The van der Waals surface area contributed by atoms with Crippen LogP contribution >= 0.6 is 0 Å². The predicted molar refractivity (Wildman–Crippen MR) is 52.7 cm³/mol. The lowest BCUT2D eigenvalue weighted by Crippen LogP contribution is -2.69. The maximum absolute atomic E-state index is 4.03. The summed E-state index contributed by atoms with van der Waals surface area (Å²) in [6, 6.07) is 0.766. The molecule has 4 nitrogen and oxygen atoms in total. The summed E-state index contributed by atoms with van der Waals surface area (Å²) in [5.74, 6) is 0.860. The molecule has 3 aliphatic rings.